The molecule has 0 nitrogen and oxygen atoms in total. The number of thiophene rings is 3. The van der Waals surface area contributed by atoms with Gasteiger partial charge in [-0.3, -0.25) is 0 Å². The average Bonchev–Trinajstić information content (AvgIpc) is 3.62. The summed E-state index contributed by atoms with van der Waals surface area (Å²) in [5.41, 5.74) is 0. The van der Waals surface area contributed by atoms with E-state index in [0.29, 0.717) is 0 Å². The van der Waals surface area contributed by atoms with Crippen LogP contribution in [0.1, 0.15) is 120 Å². The highest BCUT2D eigenvalue weighted by molar-refractivity contribution is 7.13. The summed E-state index contributed by atoms with van der Waals surface area (Å²) in [5, 5.41) is 0. The fourth-order valence-electron chi connectivity index (χ4n) is 4.04. The maximum atomic E-state index is 3.36. The van der Waals surface area contributed by atoms with Crippen LogP contribution in [0.15, 0.2) is 36.4 Å². The summed E-state index contributed by atoms with van der Waals surface area (Å²) in [5.74, 6) is 13.4. The summed E-state index contributed by atoms with van der Waals surface area (Å²) in [6.45, 7) is 4.55. The van der Waals surface area contributed by atoms with Crippen molar-refractivity contribution in [2.24, 2.45) is 0 Å². The van der Waals surface area contributed by atoms with E-state index in [0.717, 1.165) is 9.75 Å². The molecule has 0 atom stereocenters. The van der Waals surface area contributed by atoms with E-state index in [2.05, 4.69) is 73.9 Å². The zero-order valence-electron chi connectivity index (χ0n) is 21.6. The third-order valence-electron chi connectivity index (χ3n) is 6.10. The minimum Gasteiger partial charge on any atom is -0.132 e. The van der Waals surface area contributed by atoms with E-state index in [1.807, 2.05) is 22.7 Å². The van der Waals surface area contributed by atoms with Gasteiger partial charge in [0.1, 0.15) is 0 Å². The van der Waals surface area contributed by atoms with E-state index in [4.69, 9.17) is 0 Å². The summed E-state index contributed by atoms with van der Waals surface area (Å²) in [6, 6.07) is 13.1. The standard InChI is InChI=1S/C32H40S3/c1-3-5-7-9-11-13-15-27-17-19-29(33-27)21-23-31-25-26-32(35-31)24-22-30-20-18-28(34-30)16-14-12-10-8-6-4-2/h17-20,25-26H,3-16H2,1-2H3. The molecule has 0 spiro atoms. The number of aryl methyl sites for hydroxylation is 2. The van der Waals surface area contributed by atoms with E-state index in [-0.39, 0.29) is 0 Å². The zero-order chi connectivity index (χ0) is 24.6. The Kier molecular flexibility index (Phi) is 13.4. The van der Waals surface area contributed by atoms with Crippen LogP contribution in [-0.2, 0) is 12.8 Å². The van der Waals surface area contributed by atoms with Gasteiger partial charge in [-0.2, -0.15) is 0 Å². The molecule has 3 heterocycles. The van der Waals surface area contributed by atoms with Crippen molar-refractivity contribution in [3.63, 3.8) is 0 Å². The Bertz CT molecular complexity index is 1020. The quantitative estimate of drug-likeness (QED) is 0.146. The molecule has 0 aliphatic carbocycles. The summed E-state index contributed by atoms with van der Waals surface area (Å²) in [7, 11) is 0. The topological polar surface area (TPSA) is 0 Å². The number of hydrogen-bond acceptors (Lipinski definition) is 3. The Morgan fingerprint density at radius 3 is 1.20 bits per heavy atom. The molecule has 0 saturated heterocycles. The first-order chi connectivity index (χ1) is 17.3. The molecule has 0 aromatic carbocycles. The van der Waals surface area contributed by atoms with Crippen molar-refractivity contribution in [1.29, 1.82) is 0 Å². The Morgan fingerprint density at radius 2 is 0.771 bits per heavy atom. The number of rotatable bonds is 14. The predicted molar refractivity (Wildman–Crippen MR) is 159 cm³/mol. The highest BCUT2D eigenvalue weighted by atomic mass is 32.1. The first-order valence-corrected chi connectivity index (χ1v) is 16.0. The van der Waals surface area contributed by atoms with Gasteiger partial charge in [-0.1, -0.05) is 78.1 Å². The van der Waals surface area contributed by atoms with Crippen molar-refractivity contribution in [2.45, 2.75) is 104 Å². The SMILES string of the molecule is CCCCCCCCc1ccc(C#Cc2ccc(C#Cc3ccc(CCCCCCCC)s3)s2)s1. The first-order valence-electron chi connectivity index (χ1n) is 13.6. The molecule has 3 rings (SSSR count). The molecule has 3 aromatic rings. The number of unbranched alkanes of at least 4 members (excludes halogenated alkanes) is 10. The number of hydrogen-bond donors (Lipinski definition) is 0. The van der Waals surface area contributed by atoms with Crippen LogP contribution in [0.5, 0.6) is 0 Å². The second-order valence-electron chi connectivity index (χ2n) is 9.23. The van der Waals surface area contributed by atoms with Crippen molar-refractivity contribution >= 4 is 34.0 Å². The average molecular weight is 521 g/mol. The third-order valence-corrected chi connectivity index (χ3v) is 9.14. The molecule has 0 fully saturated rings. The highest BCUT2D eigenvalue weighted by Gasteiger charge is 2.01. The third kappa shape index (κ3) is 11.2. The lowest BCUT2D eigenvalue weighted by Crippen LogP contribution is -1.82. The zero-order valence-corrected chi connectivity index (χ0v) is 24.0. The van der Waals surface area contributed by atoms with Crippen LogP contribution < -0.4 is 0 Å². The highest BCUT2D eigenvalue weighted by Crippen LogP contribution is 2.21. The Hall–Kier alpha value is -1.78. The normalized spacial score (nSPS) is 10.6. The lowest BCUT2D eigenvalue weighted by atomic mass is 10.1. The molecular formula is C32H40S3. The molecule has 0 aliphatic rings. The largest absolute Gasteiger partial charge is 0.132 e. The van der Waals surface area contributed by atoms with E-state index in [1.165, 1.54) is 109 Å². The minimum absolute atomic E-state index is 1.09. The molecule has 0 amide bonds. The van der Waals surface area contributed by atoms with Gasteiger partial charge in [0.05, 0.1) is 19.5 Å². The van der Waals surface area contributed by atoms with Gasteiger partial charge in [-0.25, -0.2) is 0 Å². The molecular weight excluding hydrogens is 481 g/mol. The summed E-state index contributed by atoms with van der Waals surface area (Å²) in [4.78, 5) is 7.46. The van der Waals surface area contributed by atoms with E-state index in [9.17, 15) is 0 Å². The molecule has 0 bridgehead atoms. The van der Waals surface area contributed by atoms with Gasteiger partial charge in [-0.05, 0) is 85.8 Å². The van der Waals surface area contributed by atoms with Crippen molar-refractivity contribution in [2.75, 3.05) is 0 Å². The van der Waals surface area contributed by atoms with Crippen LogP contribution in [0.3, 0.4) is 0 Å². The van der Waals surface area contributed by atoms with Crippen LogP contribution in [0.2, 0.25) is 0 Å². The monoisotopic (exact) mass is 520 g/mol. The molecule has 35 heavy (non-hydrogen) atoms. The molecule has 0 radical (unpaired) electrons. The maximum Gasteiger partial charge on any atom is 0.0785 e. The summed E-state index contributed by atoms with van der Waals surface area (Å²) >= 11 is 5.40. The lowest BCUT2D eigenvalue weighted by Gasteiger charge is -1.98. The molecule has 186 valence electrons. The fourth-order valence-corrected chi connectivity index (χ4v) is 6.56. The fraction of sp³-hybridized carbons (Fsp3) is 0.500. The van der Waals surface area contributed by atoms with E-state index < -0.39 is 0 Å². The van der Waals surface area contributed by atoms with Crippen LogP contribution in [-0.4, -0.2) is 0 Å². The smallest absolute Gasteiger partial charge is 0.0785 e. The Morgan fingerprint density at radius 1 is 0.429 bits per heavy atom. The predicted octanol–water partition coefficient (Wildman–Crippen LogP) is 10.5. The van der Waals surface area contributed by atoms with Gasteiger partial charge in [0, 0.05) is 9.75 Å². The summed E-state index contributed by atoms with van der Waals surface area (Å²) < 4.78 is 0. The van der Waals surface area contributed by atoms with E-state index in [1.54, 1.807) is 11.3 Å². The molecule has 0 aliphatic heterocycles. The second kappa shape index (κ2) is 16.8. The lowest BCUT2D eigenvalue weighted by molar-refractivity contribution is 0.609. The Labute approximate surface area is 226 Å². The van der Waals surface area contributed by atoms with Gasteiger partial charge >= 0.3 is 0 Å². The van der Waals surface area contributed by atoms with Crippen LogP contribution >= 0.6 is 34.0 Å². The first kappa shape index (κ1) is 27.8. The van der Waals surface area contributed by atoms with Crippen molar-refractivity contribution in [3.8, 4) is 23.7 Å². The molecule has 0 unspecified atom stereocenters. The van der Waals surface area contributed by atoms with Gasteiger partial charge in [0.25, 0.3) is 0 Å². The molecule has 0 saturated carbocycles. The van der Waals surface area contributed by atoms with Crippen molar-refractivity contribution < 1.29 is 0 Å². The molecule has 3 heteroatoms. The molecule has 3 aromatic heterocycles. The van der Waals surface area contributed by atoms with Crippen molar-refractivity contribution in [1.82, 2.24) is 0 Å². The minimum atomic E-state index is 1.09. The van der Waals surface area contributed by atoms with Gasteiger partial charge < -0.3 is 0 Å². The Balaban J connectivity index is 1.42. The van der Waals surface area contributed by atoms with Crippen LogP contribution in [0.4, 0.5) is 0 Å². The van der Waals surface area contributed by atoms with Crippen LogP contribution in [0, 0.1) is 23.7 Å². The van der Waals surface area contributed by atoms with E-state index >= 15 is 0 Å². The van der Waals surface area contributed by atoms with Gasteiger partial charge in [-0.15, -0.1) is 34.0 Å². The van der Waals surface area contributed by atoms with Crippen molar-refractivity contribution in [3.05, 3.63) is 65.7 Å². The molecule has 0 N–H and O–H groups in total. The maximum absolute atomic E-state index is 3.36. The summed E-state index contributed by atoms with van der Waals surface area (Å²) in [6.07, 6.45) is 18.6. The van der Waals surface area contributed by atoms with Crippen LogP contribution in [0.25, 0.3) is 0 Å². The second-order valence-corrected chi connectivity index (χ2v) is 12.7. The van der Waals surface area contributed by atoms with Gasteiger partial charge in [0.15, 0.2) is 0 Å². The van der Waals surface area contributed by atoms with Gasteiger partial charge in [0.2, 0.25) is 0 Å².